The van der Waals surface area contributed by atoms with E-state index < -0.39 is 0 Å². The molecular formula is C13H28N2S. The number of hydrogen-bond acceptors (Lipinski definition) is 3. The highest BCUT2D eigenvalue weighted by Crippen LogP contribution is 2.16. The summed E-state index contributed by atoms with van der Waals surface area (Å²) in [5.41, 5.74) is 0. The fourth-order valence-corrected chi connectivity index (χ4v) is 3.07. The van der Waals surface area contributed by atoms with Gasteiger partial charge in [0.05, 0.1) is 0 Å². The lowest BCUT2D eigenvalue weighted by Gasteiger charge is -2.42. The van der Waals surface area contributed by atoms with Gasteiger partial charge < -0.3 is 5.32 Å². The third-order valence-corrected chi connectivity index (χ3v) is 4.41. The Labute approximate surface area is 106 Å². The lowest BCUT2D eigenvalue weighted by atomic mass is 9.98. The lowest BCUT2D eigenvalue weighted by molar-refractivity contribution is 0.104. The Bertz CT molecular complexity index is 185. The van der Waals surface area contributed by atoms with Gasteiger partial charge in [-0.05, 0) is 18.1 Å². The topological polar surface area (TPSA) is 15.3 Å². The standard InChI is InChI=1S/C13H28N2S/c1-5-12-10-15(7-8-16-6-2)13(9-14-12)11(3)4/h11-14H,5-10H2,1-4H3. The molecule has 2 nitrogen and oxygen atoms in total. The van der Waals surface area contributed by atoms with Gasteiger partial charge >= 0.3 is 0 Å². The molecule has 2 unspecified atom stereocenters. The van der Waals surface area contributed by atoms with Crippen molar-refractivity contribution in [1.82, 2.24) is 10.2 Å². The number of nitrogens with one attached hydrogen (secondary N) is 1. The third-order valence-electron chi connectivity index (χ3n) is 3.53. The van der Waals surface area contributed by atoms with Crippen LogP contribution in [0.15, 0.2) is 0 Å². The minimum absolute atomic E-state index is 0.710. The van der Waals surface area contributed by atoms with Crippen molar-refractivity contribution in [2.24, 2.45) is 5.92 Å². The van der Waals surface area contributed by atoms with Gasteiger partial charge in [-0.3, -0.25) is 4.90 Å². The summed E-state index contributed by atoms with van der Waals surface area (Å²) in [6.45, 7) is 12.9. The van der Waals surface area contributed by atoms with Crippen molar-refractivity contribution in [3.05, 3.63) is 0 Å². The molecular weight excluding hydrogens is 216 g/mol. The van der Waals surface area contributed by atoms with Gasteiger partial charge in [0.1, 0.15) is 0 Å². The Morgan fingerprint density at radius 3 is 2.69 bits per heavy atom. The number of nitrogens with zero attached hydrogens (tertiary/aromatic N) is 1. The molecule has 2 atom stereocenters. The lowest BCUT2D eigenvalue weighted by Crippen LogP contribution is -2.58. The second-order valence-corrected chi connectivity index (χ2v) is 6.41. The SMILES string of the molecule is CCSCCN1CC(CC)NCC1C(C)C. The zero-order valence-electron chi connectivity index (χ0n) is 11.3. The van der Waals surface area contributed by atoms with E-state index in [1.54, 1.807) is 0 Å². The first kappa shape index (κ1) is 14.3. The molecule has 1 saturated heterocycles. The Hall–Kier alpha value is 0.270. The van der Waals surface area contributed by atoms with Gasteiger partial charge in [-0.15, -0.1) is 0 Å². The van der Waals surface area contributed by atoms with Gasteiger partial charge in [0.2, 0.25) is 0 Å². The van der Waals surface area contributed by atoms with E-state index >= 15 is 0 Å². The van der Waals surface area contributed by atoms with Crippen LogP contribution in [-0.4, -0.2) is 48.1 Å². The van der Waals surface area contributed by atoms with Crippen LogP contribution in [0.4, 0.5) is 0 Å². The van der Waals surface area contributed by atoms with E-state index in [0.717, 1.165) is 12.0 Å². The molecule has 1 rings (SSSR count). The Morgan fingerprint density at radius 1 is 1.38 bits per heavy atom. The smallest absolute Gasteiger partial charge is 0.0244 e. The van der Waals surface area contributed by atoms with Crippen LogP contribution in [0.3, 0.4) is 0 Å². The average molecular weight is 244 g/mol. The van der Waals surface area contributed by atoms with E-state index in [4.69, 9.17) is 0 Å². The van der Waals surface area contributed by atoms with Crippen LogP contribution in [-0.2, 0) is 0 Å². The zero-order chi connectivity index (χ0) is 12.0. The largest absolute Gasteiger partial charge is 0.311 e. The highest BCUT2D eigenvalue weighted by Gasteiger charge is 2.28. The Kier molecular flexibility index (Phi) is 6.78. The van der Waals surface area contributed by atoms with E-state index in [1.165, 1.54) is 37.6 Å². The summed E-state index contributed by atoms with van der Waals surface area (Å²) < 4.78 is 0. The predicted molar refractivity (Wildman–Crippen MR) is 75.3 cm³/mol. The zero-order valence-corrected chi connectivity index (χ0v) is 12.1. The van der Waals surface area contributed by atoms with Gasteiger partial charge in [0, 0.05) is 37.5 Å². The molecule has 0 bridgehead atoms. The summed E-state index contributed by atoms with van der Waals surface area (Å²) in [6, 6.07) is 1.45. The monoisotopic (exact) mass is 244 g/mol. The maximum absolute atomic E-state index is 3.67. The van der Waals surface area contributed by atoms with E-state index in [0.29, 0.717) is 6.04 Å². The van der Waals surface area contributed by atoms with Crippen molar-refractivity contribution in [1.29, 1.82) is 0 Å². The fourth-order valence-electron chi connectivity index (χ4n) is 2.41. The van der Waals surface area contributed by atoms with Crippen molar-refractivity contribution in [2.45, 2.75) is 46.2 Å². The quantitative estimate of drug-likeness (QED) is 0.723. The second kappa shape index (κ2) is 7.57. The maximum Gasteiger partial charge on any atom is 0.0244 e. The summed E-state index contributed by atoms with van der Waals surface area (Å²) in [5, 5.41) is 3.67. The van der Waals surface area contributed by atoms with Gasteiger partial charge in [0.15, 0.2) is 0 Å². The van der Waals surface area contributed by atoms with Gasteiger partial charge in [-0.2, -0.15) is 11.8 Å². The summed E-state index contributed by atoms with van der Waals surface area (Å²) in [5.74, 6) is 3.29. The number of hydrogen-bond donors (Lipinski definition) is 1. The molecule has 0 radical (unpaired) electrons. The highest BCUT2D eigenvalue weighted by molar-refractivity contribution is 7.99. The molecule has 0 aromatic rings. The molecule has 0 aliphatic carbocycles. The average Bonchev–Trinajstić information content (AvgIpc) is 2.29. The van der Waals surface area contributed by atoms with E-state index in [1.807, 2.05) is 0 Å². The molecule has 0 aromatic heterocycles. The number of thioether (sulfide) groups is 1. The van der Waals surface area contributed by atoms with Crippen molar-refractivity contribution in [3.8, 4) is 0 Å². The van der Waals surface area contributed by atoms with Crippen LogP contribution in [0.1, 0.15) is 34.1 Å². The van der Waals surface area contributed by atoms with Crippen molar-refractivity contribution in [3.63, 3.8) is 0 Å². The molecule has 1 fully saturated rings. The molecule has 0 saturated carbocycles. The van der Waals surface area contributed by atoms with Crippen LogP contribution in [0.25, 0.3) is 0 Å². The summed E-state index contributed by atoms with van der Waals surface area (Å²) in [6.07, 6.45) is 1.25. The number of rotatable bonds is 6. The maximum atomic E-state index is 3.67. The van der Waals surface area contributed by atoms with Crippen LogP contribution >= 0.6 is 11.8 Å². The van der Waals surface area contributed by atoms with Crippen LogP contribution in [0.5, 0.6) is 0 Å². The molecule has 1 N–H and O–H groups in total. The first-order chi connectivity index (χ1) is 7.69. The minimum Gasteiger partial charge on any atom is -0.311 e. The summed E-state index contributed by atoms with van der Waals surface area (Å²) in [7, 11) is 0. The van der Waals surface area contributed by atoms with E-state index in [2.05, 4.69) is 49.7 Å². The van der Waals surface area contributed by atoms with Crippen LogP contribution in [0, 0.1) is 5.92 Å². The van der Waals surface area contributed by atoms with Crippen LogP contribution < -0.4 is 5.32 Å². The summed E-state index contributed by atoms with van der Waals surface area (Å²) >= 11 is 2.06. The highest BCUT2D eigenvalue weighted by atomic mass is 32.2. The fraction of sp³-hybridized carbons (Fsp3) is 1.00. The summed E-state index contributed by atoms with van der Waals surface area (Å²) in [4.78, 5) is 2.71. The molecule has 0 amide bonds. The molecule has 0 spiro atoms. The van der Waals surface area contributed by atoms with Gasteiger partial charge in [-0.25, -0.2) is 0 Å². The molecule has 1 aliphatic heterocycles. The van der Waals surface area contributed by atoms with Crippen molar-refractivity contribution in [2.75, 3.05) is 31.1 Å². The predicted octanol–water partition coefficient (Wildman–Crippen LogP) is 2.45. The number of piperazine rings is 1. The molecule has 96 valence electrons. The van der Waals surface area contributed by atoms with Crippen LogP contribution in [0.2, 0.25) is 0 Å². The molecule has 1 aliphatic rings. The van der Waals surface area contributed by atoms with Gasteiger partial charge in [-0.1, -0.05) is 27.7 Å². The second-order valence-electron chi connectivity index (χ2n) is 5.02. The Balaban J connectivity index is 2.43. The molecule has 0 aromatic carbocycles. The van der Waals surface area contributed by atoms with Gasteiger partial charge in [0.25, 0.3) is 0 Å². The minimum atomic E-state index is 0.710. The van der Waals surface area contributed by atoms with E-state index in [9.17, 15) is 0 Å². The molecule has 16 heavy (non-hydrogen) atoms. The van der Waals surface area contributed by atoms with Crippen molar-refractivity contribution >= 4 is 11.8 Å². The Morgan fingerprint density at radius 2 is 2.12 bits per heavy atom. The van der Waals surface area contributed by atoms with Crippen molar-refractivity contribution < 1.29 is 0 Å². The normalized spacial score (nSPS) is 27.6. The molecule has 3 heteroatoms. The first-order valence-electron chi connectivity index (χ1n) is 6.74. The third kappa shape index (κ3) is 4.27. The van der Waals surface area contributed by atoms with E-state index in [-0.39, 0.29) is 0 Å². The first-order valence-corrected chi connectivity index (χ1v) is 7.89. The molecule has 1 heterocycles.